The van der Waals surface area contributed by atoms with Gasteiger partial charge in [0.2, 0.25) is 5.91 Å². The number of hydrogen-bond acceptors (Lipinski definition) is 2. The van der Waals surface area contributed by atoms with E-state index in [1.807, 2.05) is 36.9 Å². The molecule has 0 aromatic heterocycles. The molecule has 15 heavy (non-hydrogen) atoms. The molecule has 0 saturated carbocycles. The minimum absolute atomic E-state index is 0.0237. The first-order valence-corrected chi connectivity index (χ1v) is 5.30. The normalized spacial score (nSPS) is 14.5. The molecule has 0 aliphatic carbocycles. The number of para-hydroxylation sites is 1. The maximum Gasteiger partial charge on any atom is 0.229 e. The van der Waals surface area contributed by atoms with Crippen LogP contribution in [0.4, 0.5) is 11.4 Å². The Balaban J connectivity index is 2.40. The smallest absolute Gasteiger partial charge is 0.229 e. The molecule has 1 aromatic carbocycles. The first-order chi connectivity index (χ1) is 7.11. The first kappa shape index (κ1) is 10.0. The number of fused-ring (bicyclic) bond motifs is 1. The Labute approximate surface area is 89.9 Å². The van der Waals surface area contributed by atoms with E-state index in [4.69, 9.17) is 5.73 Å². The molecule has 0 fully saturated rings. The van der Waals surface area contributed by atoms with Gasteiger partial charge in [0, 0.05) is 12.5 Å². The zero-order chi connectivity index (χ0) is 11.0. The van der Waals surface area contributed by atoms with E-state index in [2.05, 4.69) is 0 Å². The van der Waals surface area contributed by atoms with E-state index in [1.54, 1.807) is 0 Å². The van der Waals surface area contributed by atoms with E-state index < -0.39 is 0 Å². The van der Waals surface area contributed by atoms with Crippen molar-refractivity contribution in [3.63, 3.8) is 0 Å². The van der Waals surface area contributed by atoms with Gasteiger partial charge in [-0.25, -0.2) is 0 Å². The van der Waals surface area contributed by atoms with Crippen LogP contribution in [-0.2, 0) is 11.2 Å². The zero-order valence-corrected chi connectivity index (χ0v) is 9.16. The third-order valence-electron chi connectivity index (χ3n) is 2.79. The average Bonchev–Trinajstić information content (AvgIpc) is 2.61. The number of benzene rings is 1. The molecule has 1 amide bonds. The third-order valence-corrected chi connectivity index (χ3v) is 2.79. The molecule has 1 aliphatic heterocycles. The molecule has 3 nitrogen and oxygen atoms in total. The fourth-order valence-corrected chi connectivity index (χ4v) is 2.02. The second kappa shape index (κ2) is 3.57. The van der Waals surface area contributed by atoms with Gasteiger partial charge in [0.1, 0.15) is 0 Å². The first-order valence-electron chi connectivity index (χ1n) is 5.30. The van der Waals surface area contributed by atoms with Crippen molar-refractivity contribution in [2.45, 2.75) is 20.3 Å². The van der Waals surface area contributed by atoms with E-state index in [-0.39, 0.29) is 11.8 Å². The van der Waals surface area contributed by atoms with E-state index in [0.29, 0.717) is 5.69 Å². The fourth-order valence-electron chi connectivity index (χ4n) is 2.02. The van der Waals surface area contributed by atoms with Crippen molar-refractivity contribution in [1.29, 1.82) is 0 Å². The molecule has 1 aromatic rings. The molecule has 3 heteroatoms. The lowest BCUT2D eigenvalue weighted by Crippen LogP contribution is -2.32. The number of nitrogens with two attached hydrogens (primary N) is 1. The second-order valence-corrected chi connectivity index (χ2v) is 4.25. The summed E-state index contributed by atoms with van der Waals surface area (Å²) in [5, 5.41) is 0. The summed E-state index contributed by atoms with van der Waals surface area (Å²) >= 11 is 0. The third kappa shape index (κ3) is 1.58. The highest BCUT2D eigenvalue weighted by Gasteiger charge is 2.27. The Morgan fingerprint density at radius 1 is 1.47 bits per heavy atom. The topological polar surface area (TPSA) is 46.3 Å². The lowest BCUT2D eigenvalue weighted by Gasteiger charge is -2.20. The second-order valence-electron chi connectivity index (χ2n) is 4.25. The zero-order valence-electron chi connectivity index (χ0n) is 9.16. The number of nitrogens with zero attached hydrogens (tertiary/aromatic N) is 1. The van der Waals surface area contributed by atoms with Gasteiger partial charge in [0.05, 0.1) is 11.4 Å². The van der Waals surface area contributed by atoms with Crippen molar-refractivity contribution in [2.24, 2.45) is 5.92 Å². The predicted octanol–water partition coefficient (Wildman–Crippen LogP) is 1.81. The molecular weight excluding hydrogens is 188 g/mol. The molecule has 2 N–H and O–H groups in total. The van der Waals surface area contributed by atoms with Crippen molar-refractivity contribution >= 4 is 17.3 Å². The minimum atomic E-state index is 0.0237. The number of amides is 1. The van der Waals surface area contributed by atoms with Gasteiger partial charge in [-0.1, -0.05) is 26.0 Å². The Morgan fingerprint density at radius 3 is 2.87 bits per heavy atom. The molecule has 0 atom stereocenters. The summed E-state index contributed by atoms with van der Waals surface area (Å²) < 4.78 is 0. The van der Waals surface area contributed by atoms with Crippen LogP contribution >= 0.6 is 0 Å². The SMILES string of the molecule is CC(C)C(=O)N1CCc2cccc(N)c21. The molecular formula is C12H16N2O. The highest BCUT2D eigenvalue weighted by molar-refractivity contribution is 5.99. The standard InChI is InChI=1S/C12H16N2O/c1-8(2)12(15)14-7-6-9-4-3-5-10(13)11(9)14/h3-5,8H,6-7,13H2,1-2H3. The number of carbonyl (C=O) groups excluding carboxylic acids is 1. The van der Waals surface area contributed by atoms with Gasteiger partial charge in [0.15, 0.2) is 0 Å². The van der Waals surface area contributed by atoms with Crippen LogP contribution < -0.4 is 10.6 Å². The Morgan fingerprint density at radius 2 is 2.20 bits per heavy atom. The van der Waals surface area contributed by atoms with Gasteiger partial charge >= 0.3 is 0 Å². The quantitative estimate of drug-likeness (QED) is 0.709. The molecule has 1 heterocycles. The summed E-state index contributed by atoms with van der Waals surface area (Å²) in [6, 6.07) is 5.83. The highest BCUT2D eigenvalue weighted by Crippen LogP contribution is 2.34. The van der Waals surface area contributed by atoms with E-state index >= 15 is 0 Å². The van der Waals surface area contributed by atoms with Crippen LogP contribution in [0, 0.1) is 5.92 Å². The van der Waals surface area contributed by atoms with E-state index in [1.165, 1.54) is 5.56 Å². The Kier molecular flexibility index (Phi) is 2.39. The molecule has 1 aliphatic rings. The van der Waals surface area contributed by atoms with Crippen LogP contribution in [0.3, 0.4) is 0 Å². The van der Waals surface area contributed by atoms with Gasteiger partial charge in [-0.3, -0.25) is 4.79 Å². The van der Waals surface area contributed by atoms with Crippen molar-refractivity contribution in [1.82, 2.24) is 0 Å². The molecule has 0 bridgehead atoms. The molecule has 0 spiro atoms. The molecule has 2 rings (SSSR count). The highest BCUT2D eigenvalue weighted by atomic mass is 16.2. The summed E-state index contributed by atoms with van der Waals surface area (Å²) in [7, 11) is 0. The number of nitrogen functional groups attached to an aromatic ring is 1. The maximum atomic E-state index is 11.9. The largest absolute Gasteiger partial charge is 0.397 e. The van der Waals surface area contributed by atoms with Crippen LogP contribution in [0.1, 0.15) is 19.4 Å². The van der Waals surface area contributed by atoms with Gasteiger partial charge in [-0.15, -0.1) is 0 Å². The van der Waals surface area contributed by atoms with Gasteiger partial charge < -0.3 is 10.6 Å². The van der Waals surface area contributed by atoms with Crippen LogP contribution in [0.15, 0.2) is 18.2 Å². The van der Waals surface area contributed by atoms with Crippen molar-refractivity contribution in [3.05, 3.63) is 23.8 Å². The Bertz CT molecular complexity index is 399. The van der Waals surface area contributed by atoms with Crippen LogP contribution in [0.5, 0.6) is 0 Å². The van der Waals surface area contributed by atoms with Crippen molar-refractivity contribution < 1.29 is 4.79 Å². The van der Waals surface area contributed by atoms with Gasteiger partial charge in [0.25, 0.3) is 0 Å². The lowest BCUT2D eigenvalue weighted by molar-refractivity contribution is -0.121. The van der Waals surface area contributed by atoms with Crippen LogP contribution in [0.25, 0.3) is 0 Å². The molecule has 0 unspecified atom stereocenters. The molecule has 0 radical (unpaired) electrons. The summed E-state index contributed by atoms with van der Waals surface area (Å²) in [4.78, 5) is 13.7. The predicted molar refractivity (Wildman–Crippen MR) is 61.7 cm³/mol. The number of hydrogen-bond donors (Lipinski definition) is 1. The number of anilines is 2. The van der Waals surface area contributed by atoms with Crippen LogP contribution in [0.2, 0.25) is 0 Å². The Hall–Kier alpha value is -1.51. The van der Waals surface area contributed by atoms with Gasteiger partial charge in [-0.05, 0) is 18.1 Å². The van der Waals surface area contributed by atoms with E-state index in [9.17, 15) is 4.79 Å². The monoisotopic (exact) mass is 204 g/mol. The van der Waals surface area contributed by atoms with E-state index in [0.717, 1.165) is 18.7 Å². The summed E-state index contributed by atoms with van der Waals surface area (Å²) in [5.74, 6) is 0.183. The fraction of sp³-hybridized carbons (Fsp3) is 0.417. The number of carbonyl (C=O) groups is 1. The van der Waals surface area contributed by atoms with Gasteiger partial charge in [-0.2, -0.15) is 0 Å². The lowest BCUT2D eigenvalue weighted by atomic mass is 10.1. The van der Waals surface area contributed by atoms with Crippen LogP contribution in [-0.4, -0.2) is 12.5 Å². The number of rotatable bonds is 1. The summed E-state index contributed by atoms with van der Waals surface area (Å²) in [6.45, 7) is 4.60. The van der Waals surface area contributed by atoms with Crippen molar-refractivity contribution in [2.75, 3.05) is 17.2 Å². The summed E-state index contributed by atoms with van der Waals surface area (Å²) in [6.07, 6.45) is 0.916. The molecule has 0 saturated heterocycles. The minimum Gasteiger partial charge on any atom is -0.397 e. The molecule has 80 valence electrons. The average molecular weight is 204 g/mol. The van der Waals surface area contributed by atoms with Crippen molar-refractivity contribution in [3.8, 4) is 0 Å². The summed E-state index contributed by atoms with van der Waals surface area (Å²) in [5.41, 5.74) is 8.73. The maximum absolute atomic E-state index is 11.9.